The number of hydrogen-bond donors (Lipinski definition) is 1. The average molecular weight is 319 g/mol. The van der Waals surface area contributed by atoms with Gasteiger partial charge < -0.3 is 19.5 Å². The highest BCUT2D eigenvalue weighted by atomic mass is 16.6. The third-order valence-corrected chi connectivity index (χ3v) is 4.70. The predicted molar refractivity (Wildman–Crippen MR) is 81.9 cm³/mol. The number of aliphatic carboxylic acids is 1. The molecule has 0 bridgehead atoms. The number of likely N-dealkylation sites (tertiary alicyclic amines) is 1. The quantitative estimate of drug-likeness (QED) is 0.925. The van der Waals surface area contributed by atoms with E-state index in [1.807, 2.05) is 30.3 Å². The van der Waals surface area contributed by atoms with Crippen LogP contribution >= 0.6 is 0 Å². The standard InChI is InChI=1S/C17H21NO5/c19-15(20)14-10-17(23-12-14)6-8-18(9-7-17)16(21)22-11-13-4-2-1-3-5-13/h1-5,14H,6-12H2,(H,19,20). The zero-order chi connectivity index (χ0) is 16.3. The summed E-state index contributed by atoms with van der Waals surface area (Å²) in [6.07, 6.45) is 1.54. The van der Waals surface area contributed by atoms with Crippen LogP contribution in [0.5, 0.6) is 0 Å². The van der Waals surface area contributed by atoms with Crippen molar-refractivity contribution in [3.63, 3.8) is 0 Å². The van der Waals surface area contributed by atoms with Crippen molar-refractivity contribution in [2.45, 2.75) is 31.5 Å². The van der Waals surface area contributed by atoms with E-state index in [2.05, 4.69) is 0 Å². The lowest BCUT2D eigenvalue weighted by Crippen LogP contribution is -2.46. The van der Waals surface area contributed by atoms with Crippen LogP contribution in [0.2, 0.25) is 0 Å². The fourth-order valence-corrected chi connectivity index (χ4v) is 3.26. The summed E-state index contributed by atoms with van der Waals surface area (Å²) < 4.78 is 11.1. The summed E-state index contributed by atoms with van der Waals surface area (Å²) in [6.45, 7) is 1.62. The Morgan fingerprint density at radius 2 is 1.96 bits per heavy atom. The zero-order valence-electron chi connectivity index (χ0n) is 12.9. The van der Waals surface area contributed by atoms with Crippen molar-refractivity contribution in [2.24, 2.45) is 5.92 Å². The summed E-state index contributed by atoms with van der Waals surface area (Å²) in [5.74, 6) is -1.22. The Morgan fingerprint density at radius 3 is 2.57 bits per heavy atom. The summed E-state index contributed by atoms with van der Waals surface area (Å²) in [5, 5.41) is 9.08. The van der Waals surface area contributed by atoms with Gasteiger partial charge in [0.2, 0.25) is 0 Å². The Balaban J connectivity index is 1.47. The molecule has 0 aromatic heterocycles. The highest BCUT2D eigenvalue weighted by molar-refractivity contribution is 5.70. The van der Waals surface area contributed by atoms with E-state index in [0.717, 1.165) is 5.56 Å². The first-order valence-electron chi connectivity index (χ1n) is 7.90. The largest absolute Gasteiger partial charge is 0.481 e. The van der Waals surface area contributed by atoms with E-state index < -0.39 is 11.9 Å². The van der Waals surface area contributed by atoms with Crippen molar-refractivity contribution in [2.75, 3.05) is 19.7 Å². The lowest BCUT2D eigenvalue weighted by atomic mass is 9.85. The third-order valence-electron chi connectivity index (χ3n) is 4.70. The van der Waals surface area contributed by atoms with E-state index in [1.54, 1.807) is 4.90 Å². The Kier molecular flexibility index (Phi) is 4.52. The van der Waals surface area contributed by atoms with Crippen LogP contribution in [0, 0.1) is 5.92 Å². The minimum absolute atomic E-state index is 0.263. The van der Waals surface area contributed by atoms with Crippen LogP contribution in [0.25, 0.3) is 0 Å². The van der Waals surface area contributed by atoms with E-state index in [-0.39, 0.29) is 24.9 Å². The van der Waals surface area contributed by atoms with Gasteiger partial charge in [-0.05, 0) is 24.8 Å². The van der Waals surface area contributed by atoms with Gasteiger partial charge in [0.1, 0.15) is 6.61 Å². The monoisotopic (exact) mass is 319 g/mol. The van der Waals surface area contributed by atoms with Gasteiger partial charge in [0.15, 0.2) is 0 Å². The fourth-order valence-electron chi connectivity index (χ4n) is 3.26. The van der Waals surface area contributed by atoms with Gasteiger partial charge >= 0.3 is 12.1 Å². The van der Waals surface area contributed by atoms with Gasteiger partial charge in [0.25, 0.3) is 0 Å². The molecule has 3 rings (SSSR count). The SMILES string of the molecule is O=C(O)C1COC2(CCN(C(=O)OCc3ccccc3)CC2)C1. The number of carboxylic acid groups (broad SMARTS) is 1. The van der Waals surface area contributed by atoms with Gasteiger partial charge in [-0.25, -0.2) is 4.79 Å². The number of nitrogens with zero attached hydrogens (tertiary/aromatic N) is 1. The van der Waals surface area contributed by atoms with Crippen LogP contribution in [0.1, 0.15) is 24.8 Å². The van der Waals surface area contributed by atoms with E-state index in [9.17, 15) is 9.59 Å². The molecule has 2 aliphatic rings. The maximum Gasteiger partial charge on any atom is 0.410 e. The number of rotatable bonds is 3. The second-order valence-electron chi connectivity index (χ2n) is 6.26. The van der Waals surface area contributed by atoms with Gasteiger partial charge in [-0.3, -0.25) is 4.79 Å². The molecule has 2 fully saturated rings. The molecular formula is C17H21NO5. The van der Waals surface area contributed by atoms with Crippen LogP contribution in [-0.4, -0.2) is 47.4 Å². The van der Waals surface area contributed by atoms with Crippen LogP contribution < -0.4 is 0 Å². The topological polar surface area (TPSA) is 76.1 Å². The number of ether oxygens (including phenoxy) is 2. The molecule has 2 saturated heterocycles. The average Bonchev–Trinajstić information content (AvgIpc) is 2.98. The molecule has 1 atom stereocenters. The predicted octanol–water partition coefficient (Wildman–Crippen LogP) is 2.28. The number of carboxylic acids is 1. The maximum absolute atomic E-state index is 12.1. The normalized spacial score (nSPS) is 23.0. The molecule has 1 aromatic rings. The van der Waals surface area contributed by atoms with Crippen molar-refractivity contribution in [1.82, 2.24) is 4.90 Å². The fraction of sp³-hybridized carbons (Fsp3) is 0.529. The molecule has 6 heteroatoms. The number of hydrogen-bond acceptors (Lipinski definition) is 4. The summed E-state index contributed by atoms with van der Waals surface area (Å²) in [6, 6.07) is 9.56. The lowest BCUT2D eigenvalue weighted by Gasteiger charge is -2.38. The molecule has 1 aromatic carbocycles. The lowest BCUT2D eigenvalue weighted by molar-refractivity contribution is -0.141. The molecule has 1 amide bonds. The molecule has 2 aliphatic heterocycles. The second-order valence-corrected chi connectivity index (χ2v) is 6.26. The molecule has 0 aliphatic carbocycles. The number of piperidine rings is 1. The number of benzene rings is 1. The minimum Gasteiger partial charge on any atom is -0.481 e. The summed E-state index contributed by atoms with van der Waals surface area (Å²) in [5.41, 5.74) is 0.581. The van der Waals surface area contributed by atoms with Gasteiger partial charge in [-0.1, -0.05) is 30.3 Å². The third kappa shape index (κ3) is 3.64. The minimum atomic E-state index is -0.799. The van der Waals surface area contributed by atoms with E-state index >= 15 is 0 Å². The van der Waals surface area contributed by atoms with Gasteiger partial charge in [0.05, 0.1) is 18.1 Å². The van der Waals surface area contributed by atoms with E-state index in [4.69, 9.17) is 14.6 Å². The molecule has 2 heterocycles. The Labute approximate surface area is 135 Å². The van der Waals surface area contributed by atoms with Gasteiger partial charge in [0, 0.05) is 13.1 Å². The number of amides is 1. The zero-order valence-corrected chi connectivity index (χ0v) is 12.9. The van der Waals surface area contributed by atoms with Gasteiger partial charge in [-0.2, -0.15) is 0 Å². The molecule has 1 spiro atoms. The van der Waals surface area contributed by atoms with Crippen molar-refractivity contribution >= 4 is 12.1 Å². The smallest absolute Gasteiger partial charge is 0.410 e. The molecule has 1 N–H and O–H groups in total. The van der Waals surface area contributed by atoms with Crippen molar-refractivity contribution in [3.8, 4) is 0 Å². The van der Waals surface area contributed by atoms with E-state index in [1.165, 1.54) is 0 Å². The molecular weight excluding hydrogens is 298 g/mol. The van der Waals surface area contributed by atoms with Gasteiger partial charge in [-0.15, -0.1) is 0 Å². The second kappa shape index (κ2) is 6.58. The van der Waals surface area contributed by atoms with Crippen LogP contribution in [0.3, 0.4) is 0 Å². The molecule has 1 unspecified atom stereocenters. The van der Waals surface area contributed by atoms with Crippen molar-refractivity contribution in [1.29, 1.82) is 0 Å². The Bertz CT molecular complexity index is 566. The van der Waals surface area contributed by atoms with Crippen LogP contribution in [0.4, 0.5) is 4.79 Å². The Hall–Kier alpha value is -2.08. The first-order chi connectivity index (χ1) is 11.1. The van der Waals surface area contributed by atoms with Crippen LogP contribution in [0.15, 0.2) is 30.3 Å². The van der Waals surface area contributed by atoms with Crippen molar-refractivity contribution in [3.05, 3.63) is 35.9 Å². The first-order valence-corrected chi connectivity index (χ1v) is 7.90. The number of carbonyl (C=O) groups is 2. The van der Waals surface area contributed by atoms with Crippen LogP contribution in [-0.2, 0) is 20.9 Å². The highest BCUT2D eigenvalue weighted by Crippen LogP contribution is 2.38. The van der Waals surface area contributed by atoms with E-state index in [0.29, 0.717) is 32.4 Å². The molecule has 0 radical (unpaired) electrons. The summed E-state index contributed by atoms with van der Waals surface area (Å²) in [4.78, 5) is 24.8. The molecule has 124 valence electrons. The maximum atomic E-state index is 12.1. The molecule has 23 heavy (non-hydrogen) atoms. The summed E-state index contributed by atoms with van der Waals surface area (Å²) >= 11 is 0. The highest BCUT2D eigenvalue weighted by Gasteiger charge is 2.45. The first kappa shape index (κ1) is 15.8. The Morgan fingerprint density at radius 1 is 1.26 bits per heavy atom. The molecule has 6 nitrogen and oxygen atoms in total. The summed E-state index contributed by atoms with van der Waals surface area (Å²) in [7, 11) is 0. The molecule has 0 saturated carbocycles. The van der Waals surface area contributed by atoms with Crippen molar-refractivity contribution < 1.29 is 24.2 Å². The number of carbonyl (C=O) groups excluding carboxylic acids is 1.